The van der Waals surface area contributed by atoms with Crippen LogP contribution in [-0.4, -0.2) is 25.2 Å². The summed E-state index contributed by atoms with van der Waals surface area (Å²) < 4.78 is 5.73. The molecule has 0 saturated heterocycles. The molecule has 21 heavy (non-hydrogen) atoms. The van der Waals surface area contributed by atoms with E-state index in [9.17, 15) is 9.59 Å². The molecule has 0 heterocycles. The van der Waals surface area contributed by atoms with Gasteiger partial charge in [0.1, 0.15) is 6.54 Å². The molecule has 6 heteroatoms. The van der Waals surface area contributed by atoms with Crippen LogP contribution in [0.5, 0.6) is 0 Å². The fourth-order valence-electron chi connectivity index (χ4n) is 1.83. The first kappa shape index (κ1) is 15.3. The summed E-state index contributed by atoms with van der Waals surface area (Å²) >= 11 is 3.41. The summed E-state index contributed by atoms with van der Waals surface area (Å²) in [4.78, 5) is 22.8. The minimum Gasteiger partial charge on any atom is -0.465 e. The normalized spacial score (nSPS) is 10.2. The third-order valence-corrected chi connectivity index (χ3v) is 3.25. The second-order valence-corrected chi connectivity index (χ2v) is 5.23. The molecule has 0 saturated carbocycles. The van der Waals surface area contributed by atoms with Crippen molar-refractivity contribution in [1.29, 1.82) is 0 Å². The molecule has 0 atom stereocenters. The molecule has 110 valence electrons. The van der Waals surface area contributed by atoms with E-state index in [1.165, 1.54) is 0 Å². The Morgan fingerprint density at radius 1 is 1.14 bits per heavy atom. The zero-order valence-electron chi connectivity index (χ0n) is 11.5. The van der Waals surface area contributed by atoms with Crippen LogP contribution in [-0.2, 0) is 9.53 Å². The predicted octanol–water partition coefficient (Wildman–Crippen LogP) is 3.29. The summed E-state index contributed by atoms with van der Waals surface area (Å²) in [7, 11) is 0. The minimum absolute atomic E-state index is 0.153. The summed E-state index contributed by atoms with van der Waals surface area (Å²) in [6.07, 6.45) is 0. The van der Waals surface area contributed by atoms with Gasteiger partial charge in [-0.1, -0.05) is 28.1 Å². The number of halogens is 1. The van der Waals surface area contributed by atoms with Crippen molar-refractivity contribution in [3.63, 3.8) is 0 Å². The van der Waals surface area contributed by atoms with Crippen molar-refractivity contribution in [3.05, 3.63) is 40.9 Å². The van der Waals surface area contributed by atoms with Gasteiger partial charge < -0.3 is 15.4 Å². The number of carbonyl (C=O) groups excluding carboxylic acids is 2. The Balaban J connectivity index is 1.98. The van der Waals surface area contributed by atoms with Crippen LogP contribution < -0.4 is 10.6 Å². The van der Waals surface area contributed by atoms with Gasteiger partial charge >= 0.3 is 12.0 Å². The lowest BCUT2D eigenvalue weighted by molar-refractivity contribution is -0.141. The minimum atomic E-state index is -0.462. The van der Waals surface area contributed by atoms with Crippen molar-refractivity contribution in [1.82, 2.24) is 5.32 Å². The number of nitrogens with one attached hydrogen (secondary N) is 2. The van der Waals surface area contributed by atoms with E-state index in [0.29, 0.717) is 12.3 Å². The topological polar surface area (TPSA) is 67.4 Å². The maximum atomic E-state index is 11.7. The summed E-state index contributed by atoms with van der Waals surface area (Å²) in [5, 5.41) is 7.20. The first-order valence-corrected chi connectivity index (χ1v) is 7.27. The van der Waals surface area contributed by atoms with Crippen molar-refractivity contribution in [2.75, 3.05) is 18.5 Å². The molecule has 0 aliphatic rings. The van der Waals surface area contributed by atoms with Crippen LogP contribution >= 0.6 is 15.9 Å². The van der Waals surface area contributed by atoms with E-state index in [1.807, 2.05) is 30.3 Å². The fourth-order valence-corrected chi connectivity index (χ4v) is 2.21. The van der Waals surface area contributed by atoms with Crippen molar-refractivity contribution < 1.29 is 14.3 Å². The molecule has 0 unspecified atom stereocenters. The highest BCUT2D eigenvalue weighted by molar-refractivity contribution is 9.10. The van der Waals surface area contributed by atoms with Crippen LogP contribution in [0.25, 0.3) is 10.8 Å². The Bertz CT molecular complexity index is 673. The average molecular weight is 351 g/mol. The lowest BCUT2D eigenvalue weighted by Gasteiger charge is -2.08. The Labute approximate surface area is 130 Å². The van der Waals surface area contributed by atoms with Gasteiger partial charge in [0.2, 0.25) is 0 Å². The first-order chi connectivity index (χ1) is 10.1. The van der Waals surface area contributed by atoms with Gasteiger partial charge in [-0.05, 0) is 42.0 Å². The third kappa shape index (κ3) is 4.46. The van der Waals surface area contributed by atoms with Crippen LogP contribution in [0.4, 0.5) is 10.5 Å². The van der Waals surface area contributed by atoms with Gasteiger partial charge in [-0.3, -0.25) is 4.79 Å². The number of fused-ring (bicyclic) bond motifs is 1. The number of amides is 2. The Hall–Kier alpha value is -2.08. The molecule has 5 nitrogen and oxygen atoms in total. The van der Waals surface area contributed by atoms with E-state index >= 15 is 0 Å². The SMILES string of the molecule is CCOC(=O)CNC(=O)Nc1ccc2cc(Br)ccc2c1. The molecule has 0 aliphatic carbocycles. The zero-order valence-corrected chi connectivity index (χ0v) is 13.1. The number of rotatable bonds is 4. The molecular weight excluding hydrogens is 336 g/mol. The molecule has 2 aromatic rings. The smallest absolute Gasteiger partial charge is 0.325 e. The molecule has 0 bridgehead atoms. The van der Waals surface area contributed by atoms with Gasteiger partial charge in [0, 0.05) is 10.2 Å². The molecule has 0 aromatic heterocycles. The van der Waals surface area contributed by atoms with Gasteiger partial charge in [0.15, 0.2) is 0 Å². The highest BCUT2D eigenvalue weighted by Gasteiger charge is 2.06. The molecule has 0 spiro atoms. The molecule has 0 aliphatic heterocycles. The summed E-state index contributed by atoms with van der Waals surface area (Å²) in [6, 6.07) is 11.0. The maximum Gasteiger partial charge on any atom is 0.325 e. The van der Waals surface area contributed by atoms with Gasteiger partial charge in [-0.2, -0.15) is 0 Å². The van der Waals surface area contributed by atoms with Crippen molar-refractivity contribution in [2.24, 2.45) is 0 Å². The van der Waals surface area contributed by atoms with Crippen molar-refractivity contribution in [2.45, 2.75) is 6.92 Å². The van der Waals surface area contributed by atoms with Crippen molar-refractivity contribution >= 4 is 44.4 Å². The van der Waals surface area contributed by atoms with E-state index in [4.69, 9.17) is 4.74 Å². The van der Waals surface area contributed by atoms with Crippen LogP contribution in [0, 0.1) is 0 Å². The molecular formula is C15H15BrN2O3. The molecule has 2 N–H and O–H groups in total. The molecule has 0 radical (unpaired) electrons. The van der Waals surface area contributed by atoms with Crippen LogP contribution in [0.3, 0.4) is 0 Å². The zero-order chi connectivity index (χ0) is 15.2. The van der Waals surface area contributed by atoms with Gasteiger partial charge in [0.05, 0.1) is 6.61 Å². The third-order valence-electron chi connectivity index (χ3n) is 2.76. The number of benzene rings is 2. The lowest BCUT2D eigenvalue weighted by Crippen LogP contribution is -2.34. The second kappa shape index (κ2) is 7.08. The molecule has 2 aromatic carbocycles. The van der Waals surface area contributed by atoms with E-state index in [2.05, 4.69) is 26.6 Å². The highest BCUT2D eigenvalue weighted by Crippen LogP contribution is 2.22. The number of hydrogen-bond donors (Lipinski definition) is 2. The van der Waals surface area contributed by atoms with E-state index in [1.54, 1.807) is 13.0 Å². The van der Waals surface area contributed by atoms with E-state index in [0.717, 1.165) is 15.2 Å². The van der Waals surface area contributed by atoms with Gasteiger partial charge in [0.25, 0.3) is 0 Å². The number of hydrogen-bond acceptors (Lipinski definition) is 3. The van der Waals surface area contributed by atoms with Crippen LogP contribution in [0.2, 0.25) is 0 Å². The number of carbonyl (C=O) groups is 2. The average Bonchev–Trinajstić information content (AvgIpc) is 2.46. The number of esters is 1. The molecule has 2 amide bonds. The fraction of sp³-hybridized carbons (Fsp3) is 0.200. The Kier molecular flexibility index (Phi) is 5.16. The van der Waals surface area contributed by atoms with Gasteiger partial charge in [-0.25, -0.2) is 4.79 Å². The Morgan fingerprint density at radius 2 is 1.86 bits per heavy atom. The Morgan fingerprint density at radius 3 is 2.62 bits per heavy atom. The summed E-state index contributed by atoms with van der Waals surface area (Å²) in [6.45, 7) is 1.86. The van der Waals surface area contributed by atoms with Gasteiger partial charge in [-0.15, -0.1) is 0 Å². The lowest BCUT2D eigenvalue weighted by atomic mass is 10.1. The summed E-state index contributed by atoms with van der Waals surface area (Å²) in [5.74, 6) is -0.462. The van der Waals surface area contributed by atoms with Crippen LogP contribution in [0.1, 0.15) is 6.92 Å². The summed E-state index contributed by atoms with van der Waals surface area (Å²) in [5.41, 5.74) is 0.659. The largest absolute Gasteiger partial charge is 0.465 e. The quantitative estimate of drug-likeness (QED) is 0.831. The standard InChI is InChI=1S/C15H15BrN2O3/c1-2-21-14(19)9-17-15(20)18-13-6-4-10-7-12(16)5-3-11(10)8-13/h3-8H,2,9H2,1H3,(H2,17,18,20). The monoisotopic (exact) mass is 350 g/mol. The van der Waals surface area contributed by atoms with Crippen molar-refractivity contribution in [3.8, 4) is 0 Å². The second-order valence-electron chi connectivity index (χ2n) is 4.32. The first-order valence-electron chi connectivity index (χ1n) is 6.48. The predicted molar refractivity (Wildman–Crippen MR) is 85.3 cm³/mol. The van der Waals surface area contributed by atoms with Crippen LogP contribution in [0.15, 0.2) is 40.9 Å². The van der Waals surface area contributed by atoms with E-state index < -0.39 is 12.0 Å². The molecule has 0 fully saturated rings. The maximum absolute atomic E-state index is 11.7. The number of ether oxygens (including phenoxy) is 1. The highest BCUT2D eigenvalue weighted by atomic mass is 79.9. The number of urea groups is 1. The van der Waals surface area contributed by atoms with E-state index in [-0.39, 0.29) is 6.54 Å². The number of anilines is 1. The molecule has 2 rings (SSSR count).